The summed E-state index contributed by atoms with van der Waals surface area (Å²) >= 11 is 0. The highest BCUT2D eigenvalue weighted by Crippen LogP contribution is 2.24. The highest BCUT2D eigenvalue weighted by molar-refractivity contribution is 7.89. The van der Waals surface area contributed by atoms with Crippen LogP contribution in [-0.2, 0) is 10.0 Å². The Labute approximate surface area is 148 Å². The van der Waals surface area contributed by atoms with Crippen LogP contribution in [-0.4, -0.2) is 42.7 Å². The Morgan fingerprint density at radius 1 is 1.12 bits per heavy atom. The maximum absolute atomic E-state index is 12.9. The van der Waals surface area contributed by atoms with Crippen molar-refractivity contribution in [3.05, 3.63) is 30.0 Å². The Morgan fingerprint density at radius 3 is 2.44 bits per heavy atom. The zero-order valence-corrected chi connectivity index (χ0v) is 15.5. The number of sulfonamides is 1. The lowest BCUT2D eigenvalue weighted by Gasteiger charge is -2.19. The minimum atomic E-state index is -3.49. The number of aromatic nitrogens is 1. The fourth-order valence-corrected chi connectivity index (χ4v) is 4.72. The van der Waals surface area contributed by atoms with Crippen molar-refractivity contribution in [1.29, 1.82) is 0 Å². The molecular weight excluding hydrogens is 338 g/mol. The molecule has 1 aromatic heterocycles. The van der Waals surface area contributed by atoms with Gasteiger partial charge in [0.05, 0.1) is 4.90 Å². The molecule has 0 aliphatic carbocycles. The lowest BCUT2D eigenvalue weighted by atomic mass is 10.2. The third kappa shape index (κ3) is 3.88. The summed E-state index contributed by atoms with van der Waals surface area (Å²) in [6.45, 7) is 4.95. The van der Waals surface area contributed by atoms with Gasteiger partial charge < -0.3 is 10.3 Å². The van der Waals surface area contributed by atoms with Gasteiger partial charge >= 0.3 is 0 Å². The van der Waals surface area contributed by atoms with Gasteiger partial charge in [0.15, 0.2) is 0 Å². The molecule has 1 amide bonds. The van der Waals surface area contributed by atoms with Crippen molar-refractivity contribution < 1.29 is 13.2 Å². The van der Waals surface area contributed by atoms with E-state index < -0.39 is 10.0 Å². The summed E-state index contributed by atoms with van der Waals surface area (Å²) in [5, 5.41) is 3.55. The van der Waals surface area contributed by atoms with E-state index in [0.29, 0.717) is 18.8 Å². The minimum Gasteiger partial charge on any atom is -0.351 e. The lowest BCUT2D eigenvalue weighted by Crippen LogP contribution is -2.31. The summed E-state index contributed by atoms with van der Waals surface area (Å²) in [5.74, 6) is -0.192. The van der Waals surface area contributed by atoms with Crippen LogP contribution in [0.3, 0.4) is 0 Å². The largest absolute Gasteiger partial charge is 0.351 e. The first-order valence-corrected chi connectivity index (χ1v) is 10.3. The first kappa shape index (κ1) is 17.9. The number of nitrogens with one attached hydrogen (secondary N) is 2. The fraction of sp³-hybridized carbons (Fsp3) is 0.500. The number of amides is 1. The highest BCUT2D eigenvalue weighted by atomic mass is 32.2. The summed E-state index contributed by atoms with van der Waals surface area (Å²) < 4.78 is 27.4. The highest BCUT2D eigenvalue weighted by Gasteiger charge is 2.25. The van der Waals surface area contributed by atoms with Gasteiger partial charge in [-0.3, -0.25) is 4.79 Å². The third-order valence-corrected chi connectivity index (χ3v) is 6.35. The number of carbonyl (C=O) groups excluding carboxylic acids is 1. The normalized spacial score (nSPS) is 16.9. The molecule has 0 atom stereocenters. The second kappa shape index (κ2) is 7.17. The van der Waals surface area contributed by atoms with Crippen LogP contribution in [0.15, 0.2) is 29.2 Å². The van der Waals surface area contributed by atoms with Crippen molar-refractivity contribution in [2.24, 2.45) is 0 Å². The maximum Gasteiger partial charge on any atom is 0.267 e. The molecule has 0 saturated carbocycles. The van der Waals surface area contributed by atoms with E-state index in [1.807, 2.05) is 13.8 Å². The van der Waals surface area contributed by atoms with Crippen LogP contribution in [0.25, 0.3) is 10.9 Å². The summed E-state index contributed by atoms with van der Waals surface area (Å²) in [6, 6.07) is 6.74. The van der Waals surface area contributed by atoms with Crippen molar-refractivity contribution in [1.82, 2.24) is 14.6 Å². The molecule has 25 heavy (non-hydrogen) atoms. The van der Waals surface area contributed by atoms with Crippen molar-refractivity contribution in [3.63, 3.8) is 0 Å². The van der Waals surface area contributed by atoms with Gasteiger partial charge in [-0.2, -0.15) is 4.31 Å². The topological polar surface area (TPSA) is 82.3 Å². The van der Waals surface area contributed by atoms with E-state index in [2.05, 4.69) is 10.3 Å². The third-order valence-electron chi connectivity index (χ3n) is 4.46. The molecule has 2 N–H and O–H groups in total. The van der Waals surface area contributed by atoms with Crippen molar-refractivity contribution in [3.8, 4) is 0 Å². The molecule has 0 unspecified atom stereocenters. The van der Waals surface area contributed by atoms with Crippen LogP contribution in [0.2, 0.25) is 0 Å². The standard InChI is InChI=1S/C18H25N3O3S/c1-13(2)19-18(22)17-12-14-11-15(7-8-16(14)20-17)25(23,24)21-9-5-3-4-6-10-21/h7-8,11-13,20H,3-6,9-10H2,1-2H3,(H,19,22). The van der Waals surface area contributed by atoms with Crippen molar-refractivity contribution in [2.75, 3.05) is 13.1 Å². The molecular formula is C18H25N3O3S. The Bertz CT molecular complexity index is 863. The molecule has 136 valence electrons. The number of carbonyl (C=O) groups is 1. The van der Waals surface area contributed by atoms with E-state index in [4.69, 9.17) is 0 Å². The number of aromatic amines is 1. The number of fused-ring (bicyclic) bond motifs is 1. The second-order valence-electron chi connectivity index (χ2n) is 6.88. The molecule has 2 heterocycles. The van der Waals surface area contributed by atoms with Gasteiger partial charge in [0.25, 0.3) is 5.91 Å². The molecule has 0 radical (unpaired) electrons. The Kier molecular flexibility index (Phi) is 5.15. The van der Waals surface area contributed by atoms with Gasteiger partial charge in [-0.25, -0.2) is 8.42 Å². The zero-order chi connectivity index (χ0) is 18.0. The van der Waals surface area contributed by atoms with Crippen molar-refractivity contribution >= 4 is 26.8 Å². The number of hydrogen-bond donors (Lipinski definition) is 2. The van der Waals surface area contributed by atoms with Gasteiger partial charge in [0, 0.05) is 30.0 Å². The van der Waals surface area contributed by atoms with Gasteiger partial charge in [-0.1, -0.05) is 12.8 Å². The smallest absolute Gasteiger partial charge is 0.267 e. The molecule has 1 aliphatic heterocycles. The molecule has 0 bridgehead atoms. The molecule has 7 heteroatoms. The number of rotatable bonds is 4. The maximum atomic E-state index is 12.9. The monoisotopic (exact) mass is 363 g/mol. The summed E-state index contributed by atoms with van der Waals surface area (Å²) in [6.07, 6.45) is 3.98. The summed E-state index contributed by atoms with van der Waals surface area (Å²) in [7, 11) is -3.49. The number of H-pyrrole nitrogens is 1. The zero-order valence-electron chi connectivity index (χ0n) is 14.7. The van der Waals surface area contributed by atoms with Crippen LogP contribution in [0.1, 0.15) is 50.0 Å². The molecule has 1 fully saturated rings. The number of nitrogens with zero attached hydrogens (tertiary/aromatic N) is 1. The Balaban J connectivity index is 1.91. The van der Waals surface area contributed by atoms with E-state index in [1.165, 1.54) is 0 Å². The lowest BCUT2D eigenvalue weighted by molar-refractivity contribution is 0.0939. The average Bonchev–Trinajstić information content (AvgIpc) is 2.78. The summed E-state index contributed by atoms with van der Waals surface area (Å²) in [4.78, 5) is 15.5. The molecule has 1 aromatic carbocycles. The van der Waals surface area contributed by atoms with Gasteiger partial charge in [0.1, 0.15) is 5.69 Å². The molecule has 2 aromatic rings. The van der Waals surface area contributed by atoms with Crippen LogP contribution in [0, 0.1) is 0 Å². The van der Waals surface area contributed by atoms with E-state index >= 15 is 0 Å². The Hall–Kier alpha value is -1.86. The van der Waals surface area contributed by atoms with Crippen molar-refractivity contribution in [2.45, 2.75) is 50.5 Å². The van der Waals surface area contributed by atoms with E-state index in [-0.39, 0.29) is 16.8 Å². The first-order chi connectivity index (χ1) is 11.9. The van der Waals surface area contributed by atoms with E-state index in [9.17, 15) is 13.2 Å². The number of benzene rings is 1. The van der Waals surface area contributed by atoms with Crippen LogP contribution >= 0.6 is 0 Å². The van der Waals surface area contributed by atoms with Crippen LogP contribution in [0.4, 0.5) is 0 Å². The quantitative estimate of drug-likeness (QED) is 0.876. The average molecular weight is 363 g/mol. The molecule has 1 aliphatic rings. The van der Waals surface area contributed by atoms with E-state index in [0.717, 1.165) is 36.6 Å². The molecule has 3 rings (SSSR count). The summed E-state index contributed by atoms with van der Waals surface area (Å²) in [5.41, 5.74) is 1.19. The van der Waals surface area contributed by atoms with Crippen LogP contribution < -0.4 is 5.32 Å². The fourth-order valence-electron chi connectivity index (χ4n) is 3.16. The predicted molar refractivity (Wildman–Crippen MR) is 98.1 cm³/mol. The minimum absolute atomic E-state index is 0.0397. The number of hydrogen-bond acceptors (Lipinski definition) is 3. The van der Waals surface area contributed by atoms with Crippen LogP contribution in [0.5, 0.6) is 0 Å². The Morgan fingerprint density at radius 2 is 1.80 bits per heavy atom. The van der Waals surface area contributed by atoms with Gasteiger partial charge in [-0.15, -0.1) is 0 Å². The van der Waals surface area contributed by atoms with E-state index in [1.54, 1.807) is 28.6 Å². The first-order valence-electron chi connectivity index (χ1n) is 8.82. The SMILES string of the molecule is CC(C)NC(=O)c1cc2cc(S(=O)(=O)N3CCCCCC3)ccc2[nH]1. The van der Waals surface area contributed by atoms with Gasteiger partial charge in [-0.05, 0) is 51.0 Å². The molecule has 0 spiro atoms. The molecule has 1 saturated heterocycles. The van der Waals surface area contributed by atoms with Gasteiger partial charge in [0.2, 0.25) is 10.0 Å². The second-order valence-corrected chi connectivity index (χ2v) is 8.82. The predicted octanol–water partition coefficient (Wildman–Crippen LogP) is 2.87. The molecule has 6 nitrogen and oxygen atoms in total.